The number of hydrogen-bond acceptors (Lipinski definition) is 8. The summed E-state index contributed by atoms with van der Waals surface area (Å²) in [6.07, 6.45) is 0.674. The average molecular weight is 491 g/mol. The van der Waals surface area contributed by atoms with E-state index in [1.54, 1.807) is 32.6 Å². The van der Waals surface area contributed by atoms with Gasteiger partial charge in [0.15, 0.2) is 0 Å². The van der Waals surface area contributed by atoms with Gasteiger partial charge in [-0.2, -0.15) is 5.10 Å². The second kappa shape index (κ2) is 11.3. The summed E-state index contributed by atoms with van der Waals surface area (Å²) in [7, 11) is 1.49. The highest BCUT2D eigenvalue weighted by molar-refractivity contribution is 7.12. The number of hydrazone groups is 1. The Morgan fingerprint density at radius 2 is 2.06 bits per heavy atom. The first-order valence-electron chi connectivity index (χ1n) is 11.1. The van der Waals surface area contributed by atoms with Crippen molar-refractivity contribution in [3.05, 3.63) is 44.3 Å². The Morgan fingerprint density at radius 1 is 1.24 bits per heavy atom. The molecule has 0 aliphatic carbocycles. The van der Waals surface area contributed by atoms with Crippen LogP contribution in [-0.2, 0) is 19.1 Å². The number of carbonyl (C=O) groups is 2. The molecule has 10 heteroatoms. The summed E-state index contributed by atoms with van der Waals surface area (Å²) in [5, 5.41) is 10.4. The first kappa shape index (κ1) is 24.0. The minimum absolute atomic E-state index is 0.0192. The summed E-state index contributed by atoms with van der Waals surface area (Å²) >= 11 is 3.27. The predicted octanol–water partition coefficient (Wildman–Crippen LogP) is 2.60. The molecule has 1 atom stereocenters. The molecule has 0 radical (unpaired) electrons. The van der Waals surface area contributed by atoms with Crippen LogP contribution >= 0.6 is 22.7 Å². The van der Waals surface area contributed by atoms with E-state index in [2.05, 4.69) is 17.9 Å². The van der Waals surface area contributed by atoms with Gasteiger partial charge in [0.05, 0.1) is 29.8 Å². The van der Waals surface area contributed by atoms with E-state index < -0.39 is 0 Å². The molecule has 1 fully saturated rings. The topological polar surface area (TPSA) is 74.7 Å². The number of methoxy groups -OCH3 is 1. The quantitative estimate of drug-likeness (QED) is 0.540. The van der Waals surface area contributed by atoms with Crippen LogP contribution in [0.4, 0.5) is 0 Å². The van der Waals surface area contributed by atoms with Crippen molar-refractivity contribution < 1.29 is 19.1 Å². The van der Waals surface area contributed by atoms with Crippen LogP contribution in [0.3, 0.4) is 0 Å². The maximum atomic E-state index is 13.5. The third-order valence-corrected chi connectivity index (χ3v) is 7.95. The van der Waals surface area contributed by atoms with E-state index in [0.29, 0.717) is 32.7 Å². The third-order valence-electron chi connectivity index (χ3n) is 5.91. The van der Waals surface area contributed by atoms with Crippen molar-refractivity contribution in [1.29, 1.82) is 0 Å². The first-order valence-corrected chi connectivity index (χ1v) is 12.9. The molecule has 4 heterocycles. The molecule has 8 nitrogen and oxygen atoms in total. The van der Waals surface area contributed by atoms with E-state index in [4.69, 9.17) is 14.6 Å². The zero-order valence-electron chi connectivity index (χ0n) is 19.1. The van der Waals surface area contributed by atoms with Gasteiger partial charge in [-0.3, -0.25) is 14.5 Å². The van der Waals surface area contributed by atoms with Crippen LogP contribution in [0.2, 0.25) is 0 Å². The lowest BCUT2D eigenvalue weighted by Gasteiger charge is -2.31. The molecular weight excluding hydrogens is 460 g/mol. The Balaban J connectivity index is 1.51. The number of amides is 2. The number of hydrogen-bond donors (Lipinski definition) is 0. The Labute approximate surface area is 202 Å². The van der Waals surface area contributed by atoms with Crippen LogP contribution < -0.4 is 0 Å². The van der Waals surface area contributed by atoms with Gasteiger partial charge in [-0.1, -0.05) is 6.07 Å². The van der Waals surface area contributed by atoms with E-state index in [-0.39, 0.29) is 31.0 Å². The zero-order chi connectivity index (χ0) is 23.2. The van der Waals surface area contributed by atoms with Crippen molar-refractivity contribution in [3.8, 4) is 0 Å². The largest absolute Gasteiger partial charge is 0.379 e. The third kappa shape index (κ3) is 5.88. The summed E-state index contributed by atoms with van der Waals surface area (Å²) in [6, 6.07) is 5.96. The molecule has 2 amide bonds. The van der Waals surface area contributed by atoms with Crippen molar-refractivity contribution >= 4 is 40.2 Å². The average Bonchev–Trinajstić information content (AvgIpc) is 3.57. The van der Waals surface area contributed by atoms with Gasteiger partial charge in [-0.25, -0.2) is 5.01 Å². The van der Waals surface area contributed by atoms with Crippen LogP contribution in [0, 0.1) is 6.92 Å². The normalized spacial score (nSPS) is 19.0. The standard InChI is InChI=1S/C23H30N4O4S2/c1-17-5-13-33-23(17)19-14-18(20-4-3-12-32-20)24-27(19)21(28)15-26(22(29)16-30-2)7-6-25-8-10-31-11-9-25/h3-5,12-13,19H,6-11,14-16H2,1-2H3. The van der Waals surface area contributed by atoms with Gasteiger partial charge in [0.2, 0.25) is 5.91 Å². The van der Waals surface area contributed by atoms with E-state index >= 15 is 0 Å². The summed E-state index contributed by atoms with van der Waals surface area (Å²) in [4.78, 5) is 32.3. The molecule has 178 valence electrons. The van der Waals surface area contributed by atoms with E-state index in [0.717, 1.165) is 34.1 Å². The number of thiophene rings is 2. The molecule has 2 aliphatic heterocycles. The summed E-state index contributed by atoms with van der Waals surface area (Å²) in [5.74, 6) is -0.365. The van der Waals surface area contributed by atoms with Gasteiger partial charge in [0, 0.05) is 44.6 Å². The van der Waals surface area contributed by atoms with Crippen molar-refractivity contribution in [3.63, 3.8) is 0 Å². The molecule has 1 unspecified atom stereocenters. The number of rotatable bonds is 9. The lowest BCUT2D eigenvalue weighted by Crippen LogP contribution is -2.47. The smallest absolute Gasteiger partial charge is 0.262 e. The minimum Gasteiger partial charge on any atom is -0.379 e. The van der Waals surface area contributed by atoms with Gasteiger partial charge >= 0.3 is 0 Å². The summed E-state index contributed by atoms with van der Waals surface area (Å²) in [5.41, 5.74) is 2.07. The predicted molar refractivity (Wildman–Crippen MR) is 130 cm³/mol. The van der Waals surface area contributed by atoms with Gasteiger partial charge in [-0.15, -0.1) is 22.7 Å². The van der Waals surface area contributed by atoms with Crippen LogP contribution in [0.15, 0.2) is 34.1 Å². The molecule has 4 rings (SSSR count). The molecule has 0 bridgehead atoms. The molecule has 0 N–H and O–H groups in total. The van der Waals surface area contributed by atoms with Crippen LogP contribution in [0.5, 0.6) is 0 Å². The highest BCUT2D eigenvalue weighted by Gasteiger charge is 2.36. The van der Waals surface area contributed by atoms with Gasteiger partial charge in [0.25, 0.3) is 5.91 Å². The van der Waals surface area contributed by atoms with E-state index in [9.17, 15) is 9.59 Å². The van der Waals surface area contributed by atoms with Crippen molar-refractivity contribution in [2.75, 3.05) is 59.7 Å². The molecule has 2 aliphatic rings. The lowest BCUT2D eigenvalue weighted by atomic mass is 10.1. The Morgan fingerprint density at radius 3 is 2.73 bits per heavy atom. The highest BCUT2D eigenvalue weighted by atomic mass is 32.1. The zero-order valence-corrected chi connectivity index (χ0v) is 20.7. The minimum atomic E-state index is -0.190. The van der Waals surface area contributed by atoms with Crippen LogP contribution in [-0.4, -0.2) is 92.0 Å². The summed E-state index contributed by atoms with van der Waals surface area (Å²) < 4.78 is 10.5. The molecule has 0 aromatic carbocycles. The fourth-order valence-electron chi connectivity index (χ4n) is 4.09. The monoisotopic (exact) mass is 490 g/mol. The molecular formula is C23H30N4O4S2. The fraction of sp³-hybridized carbons (Fsp3) is 0.522. The number of carbonyl (C=O) groups excluding carboxylic acids is 2. The van der Waals surface area contributed by atoms with Crippen molar-refractivity contribution in [1.82, 2.24) is 14.8 Å². The highest BCUT2D eigenvalue weighted by Crippen LogP contribution is 2.37. The maximum absolute atomic E-state index is 13.5. The summed E-state index contributed by atoms with van der Waals surface area (Å²) in [6.45, 7) is 6.22. The van der Waals surface area contributed by atoms with Gasteiger partial charge < -0.3 is 14.4 Å². The second-order valence-corrected chi connectivity index (χ2v) is 10.0. The molecule has 2 aromatic rings. The SMILES string of the molecule is COCC(=O)N(CCN1CCOCC1)CC(=O)N1N=C(c2cccs2)CC1c1sccc1C. The second-order valence-electron chi connectivity index (χ2n) is 8.15. The van der Waals surface area contributed by atoms with Gasteiger partial charge in [0.1, 0.15) is 13.2 Å². The molecule has 2 aromatic heterocycles. The van der Waals surface area contributed by atoms with Crippen molar-refractivity contribution in [2.45, 2.75) is 19.4 Å². The Hall–Kier alpha value is -2.11. The Kier molecular flexibility index (Phi) is 8.26. The van der Waals surface area contributed by atoms with Crippen molar-refractivity contribution in [2.24, 2.45) is 5.10 Å². The first-order chi connectivity index (χ1) is 16.1. The van der Waals surface area contributed by atoms with Crippen LogP contribution in [0.25, 0.3) is 0 Å². The van der Waals surface area contributed by atoms with E-state index in [1.807, 2.05) is 22.9 Å². The number of nitrogens with zero attached hydrogens (tertiary/aromatic N) is 4. The number of ether oxygens (including phenoxy) is 2. The lowest BCUT2D eigenvalue weighted by molar-refractivity contribution is -0.143. The fourth-order valence-corrected chi connectivity index (χ4v) is 5.83. The maximum Gasteiger partial charge on any atom is 0.262 e. The number of aryl methyl sites for hydroxylation is 1. The molecule has 0 saturated carbocycles. The van der Waals surface area contributed by atoms with Gasteiger partial charge in [-0.05, 0) is 35.4 Å². The molecule has 0 spiro atoms. The molecule has 1 saturated heterocycles. The van der Waals surface area contributed by atoms with Crippen LogP contribution in [0.1, 0.15) is 27.8 Å². The molecule has 33 heavy (non-hydrogen) atoms. The van der Waals surface area contributed by atoms with E-state index in [1.165, 1.54) is 7.11 Å². The number of morpholine rings is 1. The Bertz CT molecular complexity index is 969.